The first-order chi connectivity index (χ1) is 13.0. The van der Waals surface area contributed by atoms with E-state index in [1.807, 2.05) is 12.1 Å². The first-order valence-electron chi connectivity index (χ1n) is 9.19. The summed E-state index contributed by atoms with van der Waals surface area (Å²) < 4.78 is 1.36. The van der Waals surface area contributed by atoms with Gasteiger partial charge in [0.1, 0.15) is 5.69 Å². The molecule has 4 rings (SSSR count). The normalized spacial score (nSPS) is 22.5. The summed E-state index contributed by atoms with van der Waals surface area (Å²) >= 11 is 0. The van der Waals surface area contributed by atoms with Crippen molar-refractivity contribution in [3.8, 4) is 0 Å². The molecule has 2 fully saturated rings. The number of rotatable bonds is 2. The summed E-state index contributed by atoms with van der Waals surface area (Å²) in [6, 6.07) is 8.39. The highest BCUT2D eigenvalue weighted by atomic mass is 16.2. The van der Waals surface area contributed by atoms with Gasteiger partial charge in [0.25, 0.3) is 11.5 Å². The fourth-order valence-electron chi connectivity index (χ4n) is 4.20. The van der Waals surface area contributed by atoms with E-state index in [0.29, 0.717) is 25.3 Å². The van der Waals surface area contributed by atoms with Crippen molar-refractivity contribution < 1.29 is 9.59 Å². The lowest BCUT2D eigenvalue weighted by Gasteiger charge is -2.39. The molecule has 1 unspecified atom stereocenters. The van der Waals surface area contributed by atoms with E-state index in [1.165, 1.54) is 10.6 Å². The van der Waals surface area contributed by atoms with Crippen LogP contribution in [0.1, 0.15) is 29.8 Å². The van der Waals surface area contributed by atoms with Crippen LogP contribution in [0.3, 0.4) is 0 Å². The summed E-state index contributed by atoms with van der Waals surface area (Å²) in [4.78, 5) is 45.7. The van der Waals surface area contributed by atoms with Crippen LogP contribution in [0.2, 0.25) is 0 Å². The van der Waals surface area contributed by atoms with Gasteiger partial charge in [-0.3, -0.25) is 19.4 Å². The lowest BCUT2D eigenvalue weighted by atomic mass is 9.78. The molecule has 0 aliphatic carbocycles. The molecule has 7 nitrogen and oxygen atoms in total. The number of likely N-dealkylation sites (tertiary alicyclic amines) is 1. The van der Waals surface area contributed by atoms with E-state index < -0.39 is 5.41 Å². The van der Waals surface area contributed by atoms with Crippen molar-refractivity contribution >= 4 is 17.5 Å². The van der Waals surface area contributed by atoms with Crippen LogP contribution in [-0.2, 0) is 11.8 Å². The molecular weight excluding hydrogens is 344 g/mol. The maximum atomic E-state index is 13.2. The van der Waals surface area contributed by atoms with Gasteiger partial charge in [0.05, 0.1) is 17.3 Å². The minimum absolute atomic E-state index is 0.0648. The summed E-state index contributed by atoms with van der Waals surface area (Å²) in [7, 11) is 1.60. The second-order valence-corrected chi connectivity index (χ2v) is 7.34. The zero-order valence-electron chi connectivity index (χ0n) is 15.3. The Kier molecular flexibility index (Phi) is 4.30. The van der Waals surface area contributed by atoms with Gasteiger partial charge in [-0.05, 0) is 37.5 Å². The van der Waals surface area contributed by atoms with Gasteiger partial charge in [-0.25, -0.2) is 0 Å². The topological polar surface area (TPSA) is 75.5 Å². The van der Waals surface area contributed by atoms with Gasteiger partial charge >= 0.3 is 0 Å². The van der Waals surface area contributed by atoms with Gasteiger partial charge in [0.15, 0.2) is 0 Å². The van der Waals surface area contributed by atoms with Crippen LogP contribution in [0.15, 0.2) is 47.5 Å². The number of carbonyl (C=O) groups is 2. The highest BCUT2D eigenvalue weighted by molar-refractivity contribution is 6.01. The Labute approximate surface area is 157 Å². The highest BCUT2D eigenvalue weighted by Gasteiger charge is 2.50. The molecule has 7 heteroatoms. The lowest BCUT2D eigenvalue weighted by molar-refractivity contribution is -0.127. The Morgan fingerprint density at radius 2 is 1.96 bits per heavy atom. The molecule has 0 saturated carbocycles. The average molecular weight is 366 g/mol. The van der Waals surface area contributed by atoms with Gasteiger partial charge in [-0.1, -0.05) is 6.07 Å². The van der Waals surface area contributed by atoms with Crippen molar-refractivity contribution in [3.05, 3.63) is 58.8 Å². The Morgan fingerprint density at radius 1 is 1.11 bits per heavy atom. The van der Waals surface area contributed by atoms with Crippen LogP contribution < -0.4 is 10.5 Å². The third-order valence-corrected chi connectivity index (χ3v) is 5.74. The molecular formula is C20H22N4O3. The zero-order valence-corrected chi connectivity index (χ0v) is 15.3. The molecule has 0 radical (unpaired) electrons. The minimum Gasteiger partial charge on any atom is -0.336 e. The lowest BCUT2D eigenvalue weighted by Crippen LogP contribution is -2.50. The van der Waals surface area contributed by atoms with Crippen molar-refractivity contribution in [1.29, 1.82) is 0 Å². The van der Waals surface area contributed by atoms with E-state index >= 15 is 0 Å². The second-order valence-electron chi connectivity index (χ2n) is 7.34. The van der Waals surface area contributed by atoms with Crippen LogP contribution in [0, 0.1) is 5.41 Å². The van der Waals surface area contributed by atoms with Crippen LogP contribution >= 0.6 is 0 Å². The Bertz CT molecular complexity index is 940. The summed E-state index contributed by atoms with van der Waals surface area (Å²) in [5, 5.41) is 0. The summed E-state index contributed by atoms with van der Waals surface area (Å²) in [5.74, 6) is -0.128. The van der Waals surface area contributed by atoms with Crippen LogP contribution in [0.5, 0.6) is 0 Å². The van der Waals surface area contributed by atoms with E-state index in [9.17, 15) is 14.4 Å². The number of anilines is 1. The highest BCUT2D eigenvalue weighted by Crippen LogP contribution is 2.41. The van der Waals surface area contributed by atoms with Crippen LogP contribution in [0.4, 0.5) is 5.69 Å². The number of hydrogen-bond acceptors (Lipinski definition) is 4. The van der Waals surface area contributed by atoms with Crippen LogP contribution in [-0.4, -0.2) is 45.9 Å². The molecule has 2 saturated heterocycles. The molecule has 140 valence electrons. The molecule has 2 amide bonds. The smallest absolute Gasteiger partial charge is 0.270 e. The number of nitrogens with zero attached hydrogens (tertiary/aromatic N) is 4. The molecule has 1 atom stereocenters. The predicted molar refractivity (Wildman–Crippen MR) is 100 cm³/mol. The van der Waals surface area contributed by atoms with Crippen molar-refractivity contribution in [2.75, 3.05) is 24.5 Å². The van der Waals surface area contributed by atoms with Crippen molar-refractivity contribution in [2.45, 2.75) is 19.3 Å². The number of amides is 2. The fourth-order valence-corrected chi connectivity index (χ4v) is 4.20. The van der Waals surface area contributed by atoms with Gasteiger partial charge in [0, 0.05) is 38.9 Å². The second kappa shape index (κ2) is 6.64. The minimum atomic E-state index is -0.544. The molecule has 4 heterocycles. The predicted octanol–water partition coefficient (Wildman–Crippen LogP) is 1.44. The first kappa shape index (κ1) is 17.5. The summed E-state index contributed by atoms with van der Waals surface area (Å²) in [5.41, 5.74) is 0.395. The fraction of sp³-hybridized carbons (Fsp3) is 0.400. The van der Waals surface area contributed by atoms with Gasteiger partial charge < -0.3 is 14.4 Å². The van der Waals surface area contributed by atoms with E-state index in [0.717, 1.165) is 24.9 Å². The molecule has 1 spiro atoms. The number of aromatic nitrogens is 2. The molecule has 2 aromatic heterocycles. The van der Waals surface area contributed by atoms with E-state index in [-0.39, 0.29) is 17.4 Å². The van der Waals surface area contributed by atoms with E-state index in [1.54, 1.807) is 41.4 Å². The Morgan fingerprint density at radius 3 is 2.74 bits per heavy atom. The van der Waals surface area contributed by atoms with E-state index in [4.69, 9.17) is 0 Å². The maximum absolute atomic E-state index is 13.2. The standard InChI is InChI=1S/C20H22N4O3/c1-22-16(6-2-7-17(22)25)18(26)23-11-4-8-20(14-23)9-12-24(19(20)27)15-5-3-10-21-13-15/h2-3,5-7,10,13H,4,8-9,11-12,14H2,1H3. The SMILES string of the molecule is Cn1c(C(=O)N2CCCC3(CCN(c4cccnc4)C3=O)C2)cccc1=O. The summed E-state index contributed by atoms with van der Waals surface area (Å²) in [6.45, 7) is 1.63. The van der Waals surface area contributed by atoms with Gasteiger partial charge in [-0.15, -0.1) is 0 Å². The van der Waals surface area contributed by atoms with Crippen molar-refractivity contribution in [1.82, 2.24) is 14.5 Å². The van der Waals surface area contributed by atoms with E-state index in [2.05, 4.69) is 4.98 Å². The van der Waals surface area contributed by atoms with Crippen LogP contribution in [0.25, 0.3) is 0 Å². The van der Waals surface area contributed by atoms with Crippen molar-refractivity contribution in [2.24, 2.45) is 12.5 Å². The maximum Gasteiger partial charge on any atom is 0.270 e. The van der Waals surface area contributed by atoms with Gasteiger partial charge in [0.2, 0.25) is 5.91 Å². The number of carbonyl (C=O) groups excluding carboxylic acids is 2. The Balaban J connectivity index is 1.58. The van der Waals surface area contributed by atoms with Gasteiger partial charge in [-0.2, -0.15) is 0 Å². The zero-order chi connectivity index (χ0) is 19.0. The van der Waals surface area contributed by atoms with Crippen molar-refractivity contribution in [3.63, 3.8) is 0 Å². The third-order valence-electron chi connectivity index (χ3n) is 5.74. The number of pyridine rings is 2. The molecule has 0 bridgehead atoms. The molecule has 2 aliphatic rings. The molecule has 0 N–H and O–H groups in total. The molecule has 2 aromatic rings. The summed E-state index contributed by atoms with van der Waals surface area (Å²) in [6.07, 6.45) is 5.66. The Hall–Kier alpha value is -2.96. The first-order valence-corrected chi connectivity index (χ1v) is 9.19. The number of piperidine rings is 1. The molecule has 0 aromatic carbocycles. The quantitative estimate of drug-likeness (QED) is 0.806. The number of hydrogen-bond donors (Lipinski definition) is 0. The molecule has 2 aliphatic heterocycles. The largest absolute Gasteiger partial charge is 0.336 e. The monoisotopic (exact) mass is 366 g/mol. The third kappa shape index (κ3) is 2.93. The molecule has 27 heavy (non-hydrogen) atoms. The average Bonchev–Trinajstić information content (AvgIpc) is 3.00.